The molecule has 1 N–H and O–H groups in total. The van der Waals surface area contributed by atoms with Gasteiger partial charge in [0.05, 0.1) is 12.6 Å². The van der Waals surface area contributed by atoms with E-state index >= 15 is 0 Å². The Morgan fingerprint density at radius 2 is 1.70 bits per heavy atom. The minimum Gasteiger partial charge on any atom is -0.364 e. The Labute approximate surface area is 220 Å². The number of benzene rings is 2. The summed E-state index contributed by atoms with van der Waals surface area (Å²) in [5.41, 5.74) is 5.64. The SMILES string of the molecule is [C-]#[N+]/C(C#N)=C1\N(CCC(=O)Nc2cccc(CN3CCCCC3)c2)CCN1Cc1cc(C)cc(C)c1. The second kappa shape index (κ2) is 12.4. The molecule has 7 heteroatoms. The Morgan fingerprint density at radius 3 is 2.41 bits per heavy atom. The number of piperidine rings is 1. The lowest BCUT2D eigenvalue weighted by molar-refractivity contribution is -0.116. The average Bonchev–Trinajstić information content (AvgIpc) is 3.26. The fourth-order valence-corrected chi connectivity index (χ4v) is 5.41. The Balaban J connectivity index is 1.37. The molecule has 0 spiro atoms. The smallest absolute Gasteiger partial charge is 0.300 e. The summed E-state index contributed by atoms with van der Waals surface area (Å²) in [5.74, 6) is 0.566. The molecule has 2 aromatic carbocycles. The van der Waals surface area contributed by atoms with Crippen molar-refractivity contribution in [3.63, 3.8) is 0 Å². The van der Waals surface area contributed by atoms with Crippen molar-refractivity contribution < 1.29 is 4.79 Å². The van der Waals surface area contributed by atoms with Crippen LogP contribution in [-0.2, 0) is 17.9 Å². The van der Waals surface area contributed by atoms with Crippen molar-refractivity contribution in [1.82, 2.24) is 14.7 Å². The summed E-state index contributed by atoms with van der Waals surface area (Å²) in [4.78, 5) is 22.9. The highest BCUT2D eigenvalue weighted by Gasteiger charge is 2.28. The molecule has 7 nitrogen and oxygen atoms in total. The third-order valence-corrected chi connectivity index (χ3v) is 7.00. The van der Waals surface area contributed by atoms with E-state index in [1.165, 1.54) is 36.0 Å². The molecule has 0 unspecified atom stereocenters. The molecule has 0 saturated carbocycles. The first-order valence-electron chi connectivity index (χ1n) is 13.1. The second-order valence-electron chi connectivity index (χ2n) is 10.1. The summed E-state index contributed by atoms with van der Waals surface area (Å²) in [6, 6.07) is 16.6. The zero-order valence-corrected chi connectivity index (χ0v) is 22.0. The lowest BCUT2D eigenvalue weighted by Crippen LogP contribution is -2.29. The van der Waals surface area contributed by atoms with Gasteiger partial charge in [0.25, 0.3) is 0 Å². The van der Waals surface area contributed by atoms with Gasteiger partial charge < -0.3 is 15.1 Å². The number of amides is 1. The molecule has 0 radical (unpaired) electrons. The monoisotopic (exact) mass is 496 g/mol. The second-order valence-corrected chi connectivity index (χ2v) is 10.1. The summed E-state index contributed by atoms with van der Waals surface area (Å²) < 4.78 is 0. The zero-order chi connectivity index (χ0) is 26.2. The predicted octanol–water partition coefficient (Wildman–Crippen LogP) is 5.05. The van der Waals surface area contributed by atoms with Crippen LogP contribution in [0.4, 0.5) is 5.69 Å². The standard InChI is InChI=1S/C30H36N6O/c1-23-16-24(2)18-26(17-23)22-36-15-14-35(30(36)28(20-31)32-3)13-10-29(37)33-27-9-7-8-25(19-27)21-34-11-5-4-6-12-34/h7-9,16-19H,4-6,10-15,21-22H2,1-2H3,(H,33,37)/b30-28+. The van der Waals surface area contributed by atoms with Crippen LogP contribution in [0.15, 0.2) is 54.0 Å². The van der Waals surface area contributed by atoms with Crippen molar-refractivity contribution in [1.29, 1.82) is 5.26 Å². The molecule has 1 amide bonds. The van der Waals surface area contributed by atoms with E-state index in [1.807, 2.05) is 17.0 Å². The van der Waals surface area contributed by atoms with Crippen LogP contribution in [0.3, 0.4) is 0 Å². The van der Waals surface area contributed by atoms with Gasteiger partial charge in [-0.3, -0.25) is 9.69 Å². The number of nitriles is 1. The molecule has 0 aliphatic carbocycles. The highest BCUT2D eigenvalue weighted by Crippen LogP contribution is 2.26. The van der Waals surface area contributed by atoms with Gasteiger partial charge in [-0.15, -0.1) is 0 Å². The van der Waals surface area contributed by atoms with Crippen LogP contribution in [0, 0.1) is 31.8 Å². The molecule has 2 aliphatic heterocycles. The van der Waals surface area contributed by atoms with E-state index in [2.05, 4.69) is 70.2 Å². The van der Waals surface area contributed by atoms with E-state index in [9.17, 15) is 10.1 Å². The molecule has 2 fully saturated rings. The minimum absolute atomic E-state index is 0.0662. The molecule has 37 heavy (non-hydrogen) atoms. The summed E-state index contributed by atoms with van der Waals surface area (Å²) in [6.45, 7) is 17.4. The number of carbonyl (C=O) groups is 1. The highest BCUT2D eigenvalue weighted by atomic mass is 16.1. The van der Waals surface area contributed by atoms with E-state index in [4.69, 9.17) is 6.57 Å². The van der Waals surface area contributed by atoms with E-state index in [0.29, 0.717) is 32.0 Å². The number of anilines is 1. The maximum Gasteiger partial charge on any atom is 0.300 e. The number of hydrogen-bond acceptors (Lipinski definition) is 5. The van der Waals surface area contributed by atoms with Crippen molar-refractivity contribution in [2.24, 2.45) is 0 Å². The number of hydrogen-bond donors (Lipinski definition) is 1. The molecule has 0 aromatic heterocycles. The first kappa shape index (κ1) is 26.3. The lowest BCUT2D eigenvalue weighted by atomic mass is 10.1. The van der Waals surface area contributed by atoms with Gasteiger partial charge in [0, 0.05) is 44.8 Å². The predicted molar refractivity (Wildman–Crippen MR) is 146 cm³/mol. The Morgan fingerprint density at radius 1 is 0.973 bits per heavy atom. The van der Waals surface area contributed by atoms with Gasteiger partial charge in [-0.1, -0.05) is 47.9 Å². The van der Waals surface area contributed by atoms with Crippen molar-refractivity contribution in [3.05, 3.63) is 87.7 Å². The summed E-state index contributed by atoms with van der Waals surface area (Å²) in [6.07, 6.45) is 4.11. The third kappa shape index (κ3) is 7.12. The Hall–Kier alpha value is -3.81. The largest absolute Gasteiger partial charge is 0.364 e. The number of aryl methyl sites for hydroxylation is 2. The Kier molecular flexibility index (Phi) is 8.82. The molecule has 2 saturated heterocycles. The van der Waals surface area contributed by atoms with Crippen molar-refractivity contribution in [2.45, 2.75) is 52.6 Å². The number of carbonyl (C=O) groups excluding carboxylic acids is 1. The van der Waals surface area contributed by atoms with Crippen LogP contribution in [0.1, 0.15) is 47.9 Å². The van der Waals surface area contributed by atoms with Crippen LogP contribution in [0.5, 0.6) is 0 Å². The Bertz CT molecular complexity index is 1200. The van der Waals surface area contributed by atoms with Crippen LogP contribution in [0.25, 0.3) is 4.85 Å². The fourth-order valence-electron chi connectivity index (χ4n) is 5.41. The number of likely N-dealkylation sites (tertiary alicyclic amines) is 1. The topological polar surface area (TPSA) is 67.0 Å². The van der Waals surface area contributed by atoms with Gasteiger partial charge in [0.2, 0.25) is 5.91 Å². The quantitative estimate of drug-likeness (QED) is 0.409. The number of nitrogens with zero attached hydrogens (tertiary/aromatic N) is 5. The zero-order valence-electron chi connectivity index (χ0n) is 22.0. The molecular formula is C30H36N6O. The van der Waals surface area contributed by atoms with Crippen molar-refractivity contribution >= 4 is 11.6 Å². The molecule has 2 heterocycles. The number of rotatable bonds is 8. The molecule has 2 aromatic rings. The van der Waals surface area contributed by atoms with Gasteiger partial charge in [0.15, 0.2) is 0 Å². The van der Waals surface area contributed by atoms with Gasteiger partial charge in [-0.2, -0.15) is 0 Å². The van der Waals surface area contributed by atoms with Crippen LogP contribution >= 0.6 is 0 Å². The fraction of sp³-hybridized carbons (Fsp3) is 0.433. The van der Waals surface area contributed by atoms with E-state index in [1.54, 1.807) is 0 Å². The van der Waals surface area contributed by atoms with E-state index in [-0.39, 0.29) is 18.0 Å². The maximum absolute atomic E-state index is 12.8. The lowest BCUT2D eigenvalue weighted by Gasteiger charge is -2.26. The van der Waals surface area contributed by atoms with Crippen molar-refractivity contribution in [2.75, 3.05) is 38.0 Å². The number of nitrogens with one attached hydrogen (secondary N) is 1. The molecule has 0 bridgehead atoms. The summed E-state index contributed by atoms with van der Waals surface area (Å²) in [5, 5.41) is 12.7. The first-order chi connectivity index (χ1) is 17.9. The van der Waals surface area contributed by atoms with Gasteiger partial charge >= 0.3 is 5.70 Å². The normalized spacial score (nSPS) is 17.3. The summed E-state index contributed by atoms with van der Waals surface area (Å²) >= 11 is 0. The van der Waals surface area contributed by atoms with E-state index in [0.717, 1.165) is 30.9 Å². The van der Waals surface area contributed by atoms with Gasteiger partial charge in [0.1, 0.15) is 5.82 Å². The van der Waals surface area contributed by atoms with Gasteiger partial charge in [-0.25, -0.2) is 10.1 Å². The summed E-state index contributed by atoms with van der Waals surface area (Å²) in [7, 11) is 0. The molecule has 0 atom stereocenters. The maximum atomic E-state index is 12.8. The number of allylic oxidation sites excluding steroid dienone is 1. The molecule has 2 aliphatic rings. The molecule has 4 rings (SSSR count). The molecule has 192 valence electrons. The van der Waals surface area contributed by atoms with Crippen LogP contribution < -0.4 is 5.32 Å². The van der Waals surface area contributed by atoms with Gasteiger partial charge in [-0.05, 0) is 63.0 Å². The third-order valence-electron chi connectivity index (χ3n) is 7.00. The van der Waals surface area contributed by atoms with Crippen molar-refractivity contribution in [3.8, 4) is 6.07 Å². The molecular weight excluding hydrogens is 460 g/mol. The average molecular weight is 497 g/mol. The van der Waals surface area contributed by atoms with E-state index < -0.39 is 0 Å². The first-order valence-corrected chi connectivity index (χ1v) is 13.1. The highest BCUT2D eigenvalue weighted by molar-refractivity contribution is 5.90. The minimum atomic E-state index is -0.0662. The van der Waals surface area contributed by atoms with Crippen LogP contribution in [0.2, 0.25) is 0 Å². The van der Waals surface area contributed by atoms with Crippen LogP contribution in [-0.4, -0.2) is 53.3 Å².